The third-order valence-corrected chi connectivity index (χ3v) is 2.42. The maximum Gasteiger partial charge on any atom is 0.0532 e. The Hall–Kier alpha value is -0.830. The molecule has 0 amide bonds. The first-order valence-corrected chi connectivity index (χ1v) is 5.57. The van der Waals surface area contributed by atoms with Crippen LogP contribution in [0.25, 0.3) is 0 Å². The van der Waals surface area contributed by atoms with E-state index in [0.717, 1.165) is 6.54 Å². The summed E-state index contributed by atoms with van der Waals surface area (Å²) in [6, 6.07) is 0.667. The average Bonchev–Trinajstić information content (AvgIpc) is 2.67. The lowest BCUT2D eigenvalue weighted by Crippen LogP contribution is -2.28. The molecule has 0 unspecified atom stereocenters. The van der Waals surface area contributed by atoms with E-state index >= 15 is 0 Å². The Labute approximate surface area is 86.3 Å². The van der Waals surface area contributed by atoms with Gasteiger partial charge < -0.3 is 5.32 Å². The fourth-order valence-electron chi connectivity index (χ4n) is 1.68. The van der Waals surface area contributed by atoms with Gasteiger partial charge in [-0.05, 0) is 12.8 Å². The van der Waals surface area contributed by atoms with Crippen molar-refractivity contribution in [3.8, 4) is 0 Å². The highest BCUT2D eigenvalue weighted by molar-refractivity contribution is 5.01. The number of hydrogen-bond acceptors (Lipinski definition) is 2. The predicted molar refractivity (Wildman–Crippen MR) is 59.0 cm³/mol. The summed E-state index contributed by atoms with van der Waals surface area (Å²) in [4.78, 5) is 0. The maximum atomic E-state index is 3.93. The molecule has 1 heterocycles. The summed E-state index contributed by atoms with van der Waals surface area (Å²) in [5, 5.41) is 10.3. The Bertz CT molecular complexity index is 212. The highest BCUT2D eigenvalue weighted by Crippen LogP contribution is 2.05. The van der Waals surface area contributed by atoms with Crippen molar-refractivity contribution in [2.24, 2.45) is 0 Å². The van der Waals surface area contributed by atoms with Gasteiger partial charge in [-0.15, -0.1) is 0 Å². The molecule has 1 aromatic rings. The summed E-state index contributed by atoms with van der Waals surface area (Å²) in [6.45, 7) is 5.41. The summed E-state index contributed by atoms with van der Waals surface area (Å²) in [7, 11) is 0. The second-order valence-electron chi connectivity index (χ2n) is 3.76. The van der Waals surface area contributed by atoms with Crippen LogP contribution in [0.4, 0.5) is 0 Å². The number of hydrogen-bond donors (Lipinski definition) is 2. The third kappa shape index (κ3) is 3.92. The minimum atomic E-state index is 0.667. The van der Waals surface area contributed by atoms with Gasteiger partial charge in [-0.1, -0.05) is 26.7 Å². The van der Waals surface area contributed by atoms with Crippen molar-refractivity contribution >= 4 is 0 Å². The van der Waals surface area contributed by atoms with Gasteiger partial charge in [0, 0.05) is 24.3 Å². The molecule has 2 N–H and O–H groups in total. The molecule has 0 bridgehead atoms. The minimum absolute atomic E-state index is 0.667. The van der Waals surface area contributed by atoms with Gasteiger partial charge in [0.25, 0.3) is 0 Å². The Morgan fingerprint density at radius 2 is 2.07 bits per heavy atom. The topological polar surface area (TPSA) is 40.7 Å². The standard InChI is InChI=1S/C11H21N3/c1-3-5-11(6-4-2)12-7-10-8-13-14-9-10/h8-9,11-12H,3-7H2,1-2H3,(H,13,14). The molecule has 14 heavy (non-hydrogen) atoms. The molecule has 0 aliphatic rings. The summed E-state index contributed by atoms with van der Waals surface area (Å²) in [5.41, 5.74) is 1.24. The number of rotatable bonds is 7. The lowest BCUT2D eigenvalue weighted by molar-refractivity contribution is 0.443. The molecule has 3 heteroatoms. The second kappa shape index (κ2) is 6.60. The summed E-state index contributed by atoms with van der Waals surface area (Å²) in [6.07, 6.45) is 8.87. The van der Waals surface area contributed by atoms with Crippen LogP contribution in [0.5, 0.6) is 0 Å². The van der Waals surface area contributed by atoms with Crippen LogP contribution in [0.3, 0.4) is 0 Å². The molecule has 0 fully saturated rings. The van der Waals surface area contributed by atoms with E-state index in [4.69, 9.17) is 0 Å². The first kappa shape index (κ1) is 11.2. The maximum absolute atomic E-state index is 3.93. The molecule has 3 nitrogen and oxygen atoms in total. The minimum Gasteiger partial charge on any atom is -0.310 e. The Balaban J connectivity index is 2.25. The van der Waals surface area contributed by atoms with Crippen LogP contribution >= 0.6 is 0 Å². The molecule has 0 atom stereocenters. The van der Waals surface area contributed by atoms with Gasteiger partial charge in [0.2, 0.25) is 0 Å². The molecular formula is C11H21N3. The molecule has 0 saturated heterocycles. The van der Waals surface area contributed by atoms with Crippen molar-refractivity contribution in [1.82, 2.24) is 15.5 Å². The van der Waals surface area contributed by atoms with Crippen LogP contribution in [-0.2, 0) is 6.54 Å². The number of aromatic amines is 1. The van der Waals surface area contributed by atoms with E-state index in [9.17, 15) is 0 Å². The van der Waals surface area contributed by atoms with Crippen molar-refractivity contribution in [2.45, 2.75) is 52.1 Å². The van der Waals surface area contributed by atoms with Crippen LogP contribution in [0.15, 0.2) is 12.4 Å². The molecule has 0 radical (unpaired) electrons. The molecule has 1 rings (SSSR count). The van der Waals surface area contributed by atoms with Crippen molar-refractivity contribution in [3.63, 3.8) is 0 Å². The second-order valence-corrected chi connectivity index (χ2v) is 3.76. The van der Waals surface area contributed by atoms with Crippen LogP contribution in [0.1, 0.15) is 45.1 Å². The molecular weight excluding hydrogens is 174 g/mol. The lowest BCUT2D eigenvalue weighted by Gasteiger charge is -2.16. The van der Waals surface area contributed by atoms with Crippen molar-refractivity contribution < 1.29 is 0 Å². The monoisotopic (exact) mass is 195 g/mol. The molecule has 0 aromatic carbocycles. The predicted octanol–water partition coefficient (Wildman–Crippen LogP) is 2.47. The van der Waals surface area contributed by atoms with Crippen molar-refractivity contribution in [3.05, 3.63) is 18.0 Å². The quantitative estimate of drug-likeness (QED) is 0.701. The molecule has 1 aromatic heterocycles. The van der Waals surface area contributed by atoms with E-state index in [1.165, 1.54) is 31.2 Å². The van der Waals surface area contributed by atoms with E-state index in [-0.39, 0.29) is 0 Å². The van der Waals surface area contributed by atoms with Gasteiger partial charge in [0.05, 0.1) is 6.20 Å². The Morgan fingerprint density at radius 3 is 2.57 bits per heavy atom. The molecule has 0 aliphatic carbocycles. The first-order chi connectivity index (χ1) is 6.86. The Kier molecular flexibility index (Phi) is 5.30. The highest BCUT2D eigenvalue weighted by Gasteiger charge is 2.05. The number of nitrogens with one attached hydrogen (secondary N) is 2. The van der Waals surface area contributed by atoms with Gasteiger partial charge >= 0.3 is 0 Å². The van der Waals surface area contributed by atoms with Crippen LogP contribution in [-0.4, -0.2) is 16.2 Å². The Morgan fingerprint density at radius 1 is 1.36 bits per heavy atom. The largest absolute Gasteiger partial charge is 0.310 e. The van der Waals surface area contributed by atoms with Crippen molar-refractivity contribution in [1.29, 1.82) is 0 Å². The zero-order valence-corrected chi connectivity index (χ0v) is 9.21. The molecule has 0 aliphatic heterocycles. The van der Waals surface area contributed by atoms with Gasteiger partial charge in [0.1, 0.15) is 0 Å². The van der Waals surface area contributed by atoms with Gasteiger partial charge in [-0.25, -0.2) is 0 Å². The van der Waals surface area contributed by atoms with E-state index in [2.05, 4.69) is 29.4 Å². The average molecular weight is 195 g/mol. The van der Waals surface area contributed by atoms with Crippen molar-refractivity contribution in [2.75, 3.05) is 0 Å². The summed E-state index contributed by atoms with van der Waals surface area (Å²) >= 11 is 0. The normalized spacial score (nSPS) is 11.1. The van der Waals surface area contributed by atoms with E-state index in [1.807, 2.05) is 12.4 Å². The van der Waals surface area contributed by atoms with Crippen LogP contribution < -0.4 is 5.32 Å². The van der Waals surface area contributed by atoms with Crippen LogP contribution in [0, 0.1) is 0 Å². The smallest absolute Gasteiger partial charge is 0.0532 e. The number of nitrogens with zero attached hydrogens (tertiary/aromatic N) is 1. The van der Waals surface area contributed by atoms with E-state index in [0.29, 0.717) is 6.04 Å². The van der Waals surface area contributed by atoms with E-state index < -0.39 is 0 Å². The zero-order valence-electron chi connectivity index (χ0n) is 9.21. The molecule has 80 valence electrons. The van der Waals surface area contributed by atoms with Gasteiger partial charge in [-0.3, -0.25) is 5.10 Å². The summed E-state index contributed by atoms with van der Waals surface area (Å²) in [5.74, 6) is 0. The highest BCUT2D eigenvalue weighted by atomic mass is 15.1. The van der Waals surface area contributed by atoms with Gasteiger partial charge in [-0.2, -0.15) is 5.10 Å². The van der Waals surface area contributed by atoms with Gasteiger partial charge in [0.15, 0.2) is 0 Å². The first-order valence-electron chi connectivity index (χ1n) is 5.57. The fourth-order valence-corrected chi connectivity index (χ4v) is 1.68. The summed E-state index contributed by atoms with van der Waals surface area (Å²) < 4.78 is 0. The zero-order chi connectivity index (χ0) is 10.2. The van der Waals surface area contributed by atoms with E-state index in [1.54, 1.807) is 0 Å². The molecule has 0 spiro atoms. The number of aromatic nitrogens is 2. The third-order valence-electron chi connectivity index (χ3n) is 2.42. The molecule has 0 saturated carbocycles. The van der Waals surface area contributed by atoms with Crippen LogP contribution in [0.2, 0.25) is 0 Å². The SMILES string of the molecule is CCCC(CCC)NCc1cn[nH]c1. The number of H-pyrrole nitrogens is 1. The lowest BCUT2D eigenvalue weighted by atomic mass is 10.1. The fraction of sp³-hybridized carbons (Fsp3) is 0.727.